The Labute approximate surface area is 100 Å². The van der Waals surface area contributed by atoms with Crippen molar-refractivity contribution in [1.82, 2.24) is 10.2 Å². The van der Waals surface area contributed by atoms with Gasteiger partial charge in [-0.25, -0.2) is 4.39 Å². The Morgan fingerprint density at radius 3 is 2.94 bits per heavy atom. The molecule has 0 heterocycles. The van der Waals surface area contributed by atoms with Gasteiger partial charge in [-0.2, -0.15) is 0 Å². The van der Waals surface area contributed by atoms with Crippen LogP contribution in [0.25, 0.3) is 0 Å². The Balaban J connectivity index is 2.39. The zero-order valence-electron chi connectivity index (χ0n) is 9.82. The molecule has 0 radical (unpaired) electrons. The van der Waals surface area contributed by atoms with Gasteiger partial charge < -0.3 is 10.4 Å². The van der Waals surface area contributed by atoms with E-state index in [1.807, 2.05) is 6.07 Å². The number of aliphatic hydroxyl groups excluding tert-OH is 1. The summed E-state index contributed by atoms with van der Waals surface area (Å²) in [5.74, 6) is -0.432. The normalized spacial score (nSPS) is 10.6. The number of hydrogen-bond donors (Lipinski definition) is 2. The molecule has 5 heteroatoms. The first-order valence-corrected chi connectivity index (χ1v) is 5.42. The highest BCUT2D eigenvalue weighted by molar-refractivity contribution is 5.77. The highest BCUT2D eigenvalue weighted by Crippen LogP contribution is 2.05. The smallest absolute Gasteiger partial charge is 0.234 e. The zero-order valence-corrected chi connectivity index (χ0v) is 9.82. The number of amides is 1. The molecule has 94 valence electrons. The number of carbonyl (C=O) groups is 1. The molecule has 0 aliphatic heterocycles. The van der Waals surface area contributed by atoms with Gasteiger partial charge in [0.05, 0.1) is 13.2 Å². The Morgan fingerprint density at radius 2 is 2.29 bits per heavy atom. The largest absolute Gasteiger partial charge is 0.395 e. The van der Waals surface area contributed by atoms with Crippen LogP contribution in [0.1, 0.15) is 5.56 Å². The first kappa shape index (κ1) is 13.6. The SMILES string of the molecule is CN(CC(=O)NCCO)Cc1cccc(F)c1. The molecule has 0 saturated heterocycles. The predicted octanol–water partition coefficient (Wildman–Crippen LogP) is 0.366. The number of benzene rings is 1. The molecule has 0 unspecified atom stereocenters. The summed E-state index contributed by atoms with van der Waals surface area (Å²) in [5, 5.41) is 11.1. The lowest BCUT2D eigenvalue weighted by molar-refractivity contribution is -0.122. The van der Waals surface area contributed by atoms with Crippen LogP contribution in [0.3, 0.4) is 0 Å². The Hall–Kier alpha value is -1.46. The molecular weight excluding hydrogens is 223 g/mol. The minimum Gasteiger partial charge on any atom is -0.395 e. The molecule has 0 aromatic heterocycles. The number of carbonyl (C=O) groups excluding carboxylic acids is 1. The third-order valence-electron chi connectivity index (χ3n) is 2.19. The molecule has 0 aliphatic rings. The Kier molecular flexibility index (Phi) is 5.59. The van der Waals surface area contributed by atoms with Gasteiger partial charge in [-0.05, 0) is 24.7 Å². The van der Waals surface area contributed by atoms with Crippen molar-refractivity contribution in [2.45, 2.75) is 6.54 Å². The summed E-state index contributed by atoms with van der Waals surface area (Å²) in [5.41, 5.74) is 0.822. The van der Waals surface area contributed by atoms with Crippen LogP contribution in [0, 0.1) is 5.82 Å². The van der Waals surface area contributed by atoms with Gasteiger partial charge in [0, 0.05) is 13.1 Å². The third kappa shape index (κ3) is 5.42. The molecule has 17 heavy (non-hydrogen) atoms. The average molecular weight is 240 g/mol. The van der Waals surface area contributed by atoms with Gasteiger partial charge in [-0.3, -0.25) is 9.69 Å². The standard InChI is InChI=1S/C12H17FN2O2/c1-15(9-12(17)14-5-6-16)8-10-3-2-4-11(13)7-10/h2-4,7,16H,5-6,8-9H2,1H3,(H,14,17). The highest BCUT2D eigenvalue weighted by Gasteiger charge is 2.06. The van der Waals surface area contributed by atoms with Gasteiger partial charge in [-0.1, -0.05) is 12.1 Å². The number of hydrogen-bond acceptors (Lipinski definition) is 3. The fourth-order valence-electron chi connectivity index (χ4n) is 1.50. The van der Waals surface area contributed by atoms with Crippen LogP contribution in [-0.2, 0) is 11.3 Å². The van der Waals surface area contributed by atoms with E-state index in [2.05, 4.69) is 5.32 Å². The lowest BCUT2D eigenvalue weighted by atomic mass is 10.2. The minimum atomic E-state index is -0.277. The van der Waals surface area contributed by atoms with E-state index in [1.165, 1.54) is 12.1 Å². The van der Waals surface area contributed by atoms with E-state index in [4.69, 9.17) is 5.11 Å². The van der Waals surface area contributed by atoms with Crippen LogP contribution in [-0.4, -0.2) is 42.7 Å². The number of aliphatic hydroxyl groups is 1. The van der Waals surface area contributed by atoms with E-state index in [1.54, 1.807) is 18.0 Å². The molecule has 0 aliphatic carbocycles. The Morgan fingerprint density at radius 1 is 1.53 bits per heavy atom. The van der Waals surface area contributed by atoms with Crippen molar-refractivity contribution in [2.24, 2.45) is 0 Å². The van der Waals surface area contributed by atoms with Crippen LogP contribution >= 0.6 is 0 Å². The van der Waals surface area contributed by atoms with Gasteiger partial charge in [0.2, 0.25) is 5.91 Å². The van der Waals surface area contributed by atoms with Crippen LogP contribution in [0.15, 0.2) is 24.3 Å². The summed E-state index contributed by atoms with van der Waals surface area (Å²) in [7, 11) is 1.78. The molecule has 1 amide bonds. The van der Waals surface area contributed by atoms with Crippen LogP contribution in [0.2, 0.25) is 0 Å². The molecule has 1 aromatic carbocycles. The lowest BCUT2D eigenvalue weighted by Gasteiger charge is -2.16. The van der Waals surface area contributed by atoms with Crippen molar-refractivity contribution in [2.75, 3.05) is 26.7 Å². The summed E-state index contributed by atoms with van der Waals surface area (Å²) >= 11 is 0. The van der Waals surface area contributed by atoms with Crippen LogP contribution in [0.4, 0.5) is 4.39 Å². The number of likely N-dealkylation sites (N-methyl/N-ethyl adjacent to an activating group) is 1. The fourth-order valence-corrected chi connectivity index (χ4v) is 1.50. The number of nitrogens with one attached hydrogen (secondary N) is 1. The van der Waals surface area contributed by atoms with E-state index in [9.17, 15) is 9.18 Å². The second-order valence-corrected chi connectivity index (χ2v) is 3.88. The van der Waals surface area contributed by atoms with Crippen molar-refractivity contribution in [3.05, 3.63) is 35.6 Å². The first-order chi connectivity index (χ1) is 8.11. The first-order valence-electron chi connectivity index (χ1n) is 5.42. The average Bonchev–Trinajstić information content (AvgIpc) is 2.26. The maximum absolute atomic E-state index is 12.9. The van der Waals surface area contributed by atoms with Gasteiger partial charge in [0.15, 0.2) is 0 Å². The molecule has 1 aromatic rings. The topological polar surface area (TPSA) is 52.6 Å². The monoisotopic (exact) mass is 240 g/mol. The van der Waals surface area contributed by atoms with Crippen molar-refractivity contribution in [3.8, 4) is 0 Å². The predicted molar refractivity (Wildman–Crippen MR) is 62.8 cm³/mol. The van der Waals surface area contributed by atoms with Gasteiger partial charge in [0.1, 0.15) is 5.82 Å². The second kappa shape index (κ2) is 6.98. The van der Waals surface area contributed by atoms with Gasteiger partial charge >= 0.3 is 0 Å². The second-order valence-electron chi connectivity index (χ2n) is 3.88. The molecule has 0 fully saturated rings. The quantitative estimate of drug-likeness (QED) is 0.755. The van der Waals surface area contributed by atoms with Gasteiger partial charge in [0.25, 0.3) is 0 Å². The number of nitrogens with zero attached hydrogens (tertiary/aromatic N) is 1. The number of halogens is 1. The van der Waals surface area contributed by atoms with Crippen molar-refractivity contribution in [3.63, 3.8) is 0 Å². The maximum Gasteiger partial charge on any atom is 0.234 e. The summed E-state index contributed by atoms with van der Waals surface area (Å²) < 4.78 is 12.9. The maximum atomic E-state index is 12.9. The summed E-state index contributed by atoms with van der Waals surface area (Å²) in [4.78, 5) is 13.1. The van der Waals surface area contributed by atoms with Crippen molar-refractivity contribution < 1.29 is 14.3 Å². The van der Waals surface area contributed by atoms with E-state index >= 15 is 0 Å². The van der Waals surface area contributed by atoms with Crippen molar-refractivity contribution in [1.29, 1.82) is 0 Å². The van der Waals surface area contributed by atoms with E-state index in [0.29, 0.717) is 6.54 Å². The highest BCUT2D eigenvalue weighted by atomic mass is 19.1. The van der Waals surface area contributed by atoms with E-state index < -0.39 is 0 Å². The van der Waals surface area contributed by atoms with E-state index in [-0.39, 0.29) is 31.4 Å². The van der Waals surface area contributed by atoms with Crippen molar-refractivity contribution >= 4 is 5.91 Å². The number of rotatable bonds is 6. The molecule has 4 nitrogen and oxygen atoms in total. The van der Waals surface area contributed by atoms with Crippen LogP contribution in [0.5, 0.6) is 0 Å². The third-order valence-corrected chi connectivity index (χ3v) is 2.19. The molecule has 0 spiro atoms. The summed E-state index contributed by atoms with van der Waals surface area (Å²) in [6, 6.07) is 6.29. The minimum absolute atomic E-state index is 0.0701. The molecule has 0 atom stereocenters. The molecule has 2 N–H and O–H groups in total. The van der Waals surface area contributed by atoms with Gasteiger partial charge in [-0.15, -0.1) is 0 Å². The fraction of sp³-hybridized carbons (Fsp3) is 0.417. The molecule has 0 bridgehead atoms. The summed E-state index contributed by atoms with van der Waals surface area (Å²) in [6.07, 6.45) is 0. The summed E-state index contributed by atoms with van der Waals surface area (Å²) in [6.45, 7) is 0.910. The zero-order chi connectivity index (χ0) is 12.7. The molecule has 1 rings (SSSR count). The van der Waals surface area contributed by atoms with E-state index in [0.717, 1.165) is 5.56 Å². The molecule has 0 saturated carbocycles. The lowest BCUT2D eigenvalue weighted by Crippen LogP contribution is -2.36. The molecular formula is C12H17FN2O2. The Bertz CT molecular complexity index is 371. The van der Waals surface area contributed by atoms with Crippen LogP contribution < -0.4 is 5.32 Å².